The first-order valence-electron chi connectivity index (χ1n) is 6.38. The van der Waals surface area contributed by atoms with Gasteiger partial charge in [0.1, 0.15) is 0 Å². The van der Waals surface area contributed by atoms with Gasteiger partial charge in [-0.1, -0.05) is 30.3 Å². The van der Waals surface area contributed by atoms with E-state index in [0.29, 0.717) is 13.2 Å². The summed E-state index contributed by atoms with van der Waals surface area (Å²) in [5, 5.41) is 0. The van der Waals surface area contributed by atoms with Crippen molar-refractivity contribution in [1.82, 2.24) is 4.90 Å². The molecule has 0 unspecified atom stereocenters. The molecule has 1 aliphatic rings. The molecular weight excluding hydrogens is 266 g/mol. The highest BCUT2D eigenvalue weighted by molar-refractivity contribution is 7.86. The number of hydrogen-bond donors (Lipinski definition) is 0. The van der Waals surface area contributed by atoms with E-state index in [1.807, 2.05) is 30.3 Å². The third-order valence-electron chi connectivity index (χ3n) is 2.98. The van der Waals surface area contributed by atoms with Crippen molar-refractivity contribution in [3.05, 3.63) is 35.9 Å². The van der Waals surface area contributed by atoms with Gasteiger partial charge in [-0.05, 0) is 12.5 Å². The fourth-order valence-corrected chi connectivity index (χ4v) is 2.52. The predicted molar refractivity (Wildman–Crippen MR) is 72.0 cm³/mol. The zero-order valence-electron chi connectivity index (χ0n) is 11.0. The van der Waals surface area contributed by atoms with Crippen molar-refractivity contribution in [1.29, 1.82) is 0 Å². The van der Waals surface area contributed by atoms with Crippen LogP contribution in [0.1, 0.15) is 12.5 Å². The van der Waals surface area contributed by atoms with E-state index < -0.39 is 16.4 Å². The van der Waals surface area contributed by atoms with E-state index in [1.165, 1.54) is 5.56 Å². The van der Waals surface area contributed by atoms with E-state index in [4.69, 9.17) is 8.92 Å². The van der Waals surface area contributed by atoms with Gasteiger partial charge in [0.15, 0.2) is 6.29 Å². The van der Waals surface area contributed by atoms with Gasteiger partial charge in [-0.2, -0.15) is 8.42 Å². The minimum atomic E-state index is -3.47. The maximum atomic E-state index is 11.4. The summed E-state index contributed by atoms with van der Waals surface area (Å²) < 4.78 is 33.2. The molecule has 0 spiro atoms. The molecule has 0 saturated carbocycles. The van der Waals surface area contributed by atoms with E-state index in [-0.39, 0.29) is 5.75 Å². The molecule has 1 aromatic carbocycles. The average Bonchev–Trinajstić information content (AvgIpc) is 2.40. The fraction of sp³-hybridized carbons (Fsp3) is 0.538. The molecule has 0 bridgehead atoms. The highest BCUT2D eigenvalue weighted by atomic mass is 32.2. The maximum absolute atomic E-state index is 11.4. The monoisotopic (exact) mass is 285 g/mol. The number of morpholine rings is 1. The van der Waals surface area contributed by atoms with Crippen LogP contribution in [0, 0.1) is 0 Å². The molecular formula is C13H19NO4S. The Morgan fingerprint density at radius 3 is 2.79 bits per heavy atom. The van der Waals surface area contributed by atoms with Crippen LogP contribution in [0.4, 0.5) is 0 Å². The molecule has 6 heteroatoms. The summed E-state index contributed by atoms with van der Waals surface area (Å²) in [6, 6.07) is 10.1. The highest BCUT2D eigenvalue weighted by Gasteiger charge is 2.25. The standard InChI is InChI=1S/C13H19NO4S/c1-2-19(15,16)18-13-11-14(8-9-17-13)10-12-6-4-3-5-7-12/h3-7,13H,2,8-11H2,1H3/t13-/m0/s1. The minimum Gasteiger partial charge on any atom is -0.349 e. The van der Waals surface area contributed by atoms with Crippen molar-refractivity contribution in [2.45, 2.75) is 19.8 Å². The molecule has 1 saturated heterocycles. The van der Waals surface area contributed by atoms with Crippen molar-refractivity contribution < 1.29 is 17.3 Å². The summed E-state index contributed by atoms with van der Waals surface area (Å²) in [6.45, 7) is 4.06. The Hall–Kier alpha value is -0.950. The van der Waals surface area contributed by atoms with Crippen molar-refractivity contribution in [3.8, 4) is 0 Å². The fourth-order valence-electron chi connectivity index (χ4n) is 1.94. The van der Waals surface area contributed by atoms with Crippen LogP contribution >= 0.6 is 0 Å². The lowest BCUT2D eigenvalue weighted by atomic mass is 10.2. The van der Waals surface area contributed by atoms with Gasteiger partial charge in [-0.25, -0.2) is 4.18 Å². The molecule has 0 radical (unpaired) electrons. The van der Waals surface area contributed by atoms with Crippen molar-refractivity contribution in [2.75, 3.05) is 25.4 Å². The Bertz CT molecular complexity index is 489. The highest BCUT2D eigenvalue weighted by Crippen LogP contribution is 2.13. The molecule has 0 N–H and O–H groups in total. The first-order chi connectivity index (χ1) is 9.09. The minimum absolute atomic E-state index is 0.0362. The molecule has 0 amide bonds. The second kappa shape index (κ2) is 6.47. The quantitative estimate of drug-likeness (QED) is 0.761. The molecule has 1 fully saturated rings. The van der Waals surface area contributed by atoms with Crippen molar-refractivity contribution in [3.63, 3.8) is 0 Å². The van der Waals surface area contributed by atoms with Crippen LogP contribution in [0.25, 0.3) is 0 Å². The van der Waals surface area contributed by atoms with Crippen LogP contribution in [0.5, 0.6) is 0 Å². The molecule has 1 heterocycles. The van der Waals surface area contributed by atoms with Gasteiger partial charge in [0.05, 0.1) is 18.9 Å². The van der Waals surface area contributed by atoms with Gasteiger partial charge in [0.25, 0.3) is 10.1 Å². The van der Waals surface area contributed by atoms with E-state index in [9.17, 15) is 8.42 Å². The second-order valence-electron chi connectivity index (χ2n) is 4.46. The molecule has 1 atom stereocenters. The molecule has 106 valence electrons. The summed E-state index contributed by atoms with van der Waals surface area (Å²) in [4.78, 5) is 2.13. The molecule has 0 aromatic heterocycles. The number of benzene rings is 1. The lowest BCUT2D eigenvalue weighted by molar-refractivity contribution is -0.129. The second-order valence-corrected chi connectivity index (χ2v) is 6.35. The molecule has 5 nitrogen and oxygen atoms in total. The summed E-state index contributed by atoms with van der Waals surface area (Å²) in [7, 11) is -3.47. The molecule has 2 rings (SSSR count). The SMILES string of the molecule is CCS(=O)(=O)O[C@H]1CN(Cc2ccccc2)CCO1. The number of nitrogens with zero attached hydrogens (tertiary/aromatic N) is 1. The number of ether oxygens (including phenoxy) is 1. The van der Waals surface area contributed by atoms with Crippen LogP contribution in [-0.4, -0.2) is 45.1 Å². The van der Waals surface area contributed by atoms with Crippen LogP contribution in [0.2, 0.25) is 0 Å². The topological polar surface area (TPSA) is 55.8 Å². The van der Waals surface area contributed by atoms with Crippen LogP contribution in [0.15, 0.2) is 30.3 Å². The van der Waals surface area contributed by atoms with Gasteiger partial charge in [0, 0.05) is 13.1 Å². The smallest absolute Gasteiger partial charge is 0.269 e. The summed E-state index contributed by atoms with van der Waals surface area (Å²) in [5.74, 6) is -0.0362. The first-order valence-corrected chi connectivity index (χ1v) is 7.95. The summed E-state index contributed by atoms with van der Waals surface area (Å²) in [5.41, 5.74) is 1.20. The van der Waals surface area contributed by atoms with E-state index in [0.717, 1.165) is 13.1 Å². The third-order valence-corrected chi connectivity index (χ3v) is 4.19. The van der Waals surface area contributed by atoms with Gasteiger partial charge in [-0.3, -0.25) is 4.90 Å². The Labute approximate surface area is 114 Å². The zero-order chi connectivity index (χ0) is 13.7. The van der Waals surface area contributed by atoms with Crippen LogP contribution in [-0.2, 0) is 25.6 Å². The molecule has 1 aromatic rings. The largest absolute Gasteiger partial charge is 0.349 e. The first kappa shape index (κ1) is 14.5. The Morgan fingerprint density at radius 1 is 1.37 bits per heavy atom. The Kier molecular flexibility index (Phi) is 4.93. The van der Waals surface area contributed by atoms with Gasteiger partial charge < -0.3 is 4.74 Å². The summed E-state index contributed by atoms with van der Waals surface area (Å²) >= 11 is 0. The lowest BCUT2D eigenvalue weighted by Crippen LogP contribution is -2.44. The Balaban J connectivity index is 1.91. The third kappa shape index (κ3) is 4.58. The lowest BCUT2D eigenvalue weighted by Gasteiger charge is -2.32. The van der Waals surface area contributed by atoms with Crippen molar-refractivity contribution in [2.24, 2.45) is 0 Å². The number of hydrogen-bond acceptors (Lipinski definition) is 5. The van der Waals surface area contributed by atoms with E-state index in [1.54, 1.807) is 6.92 Å². The predicted octanol–water partition coefficient (Wildman–Crippen LogP) is 1.21. The molecule has 19 heavy (non-hydrogen) atoms. The average molecular weight is 285 g/mol. The molecule has 0 aliphatic carbocycles. The van der Waals surface area contributed by atoms with E-state index >= 15 is 0 Å². The van der Waals surface area contributed by atoms with Crippen molar-refractivity contribution >= 4 is 10.1 Å². The van der Waals surface area contributed by atoms with Crippen LogP contribution in [0.3, 0.4) is 0 Å². The summed E-state index contributed by atoms with van der Waals surface area (Å²) in [6.07, 6.45) is -0.692. The number of rotatable bonds is 5. The van der Waals surface area contributed by atoms with E-state index in [2.05, 4.69) is 4.90 Å². The van der Waals surface area contributed by atoms with Gasteiger partial charge in [-0.15, -0.1) is 0 Å². The zero-order valence-corrected chi connectivity index (χ0v) is 11.8. The van der Waals surface area contributed by atoms with Crippen LogP contribution < -0.4 is 0 Å². The Morgan fingerprint density at radius 2 is 2.11 bits per heavy atom. The van der Waals surface area contributed by atoms with Gasteiger partial charge >= 0.3 is 0 Å². The normalized spacial score (nSPS) is 21.4. The van der Waals surface area contributed by atoms with Gasteiger partial charge in [0.2, 0.25) is 0 Å². The maximum Gasteiger partial charge on any atom is 0.269 e. The molecule has 1 aliphatic heterocycles.